The number of para-hydroxylation sites is 1. The molecule has 0 fully saturated rings. The second kappa shape index (κ2) is 8.84. The number of thioether (sulfide) groups is 1. The van der Waals surface area contributed by atoms with Crippen LogP contribution in [0.5, 0.6) is 5.75 Å². The van der Waals surface area contributed by atoms with Crippen molar-refractivity contribution >= 4 is 29.3 Å². The van der Waals surface area contributed by atoms with E-state index < -0.39 is 0 Å². The first-order valence-electron chi connectivity index (χ1n) is 9.28. The fraction of sp³-hybridized carbons (Fsp3) is 0.130. The molecule has 1 heterocycles. The van der Waals surface area contributed by atoms with Gasteiger partial charge in [0.2, 0.25) is 5.91 Å². The van der Waals surface area contributed by atoms with Gasteiger partial charge >= 0.3 is 0 Å². The molecule has 3 aromatic carbocycles. The minimum absolute atomic E-state index is 0.0487. The lowest BCUT2D eigenvalue weighted by Gasteiger charge is -2.17. The third-order valence-electron chi connectivity index (χ3n) is 4.57. The van der Waals surface area contributed by atoms with Gasteiger partial charge in [-0.05, 0) is 41.5 Å². The van der Waals surface area contributed by atoms with Gasteiger partial charge in [0.1, 0.15) is 12.4 Å². The molecule has 0 atom stereocenters. The van der Waals surface area contributed by atoms with Crippen LogP contribution >= 0.6 is 11.8 Å². The van der Waals surface area contributed by atoms with Gasteiger partial charge < -0.3 is 15.4 Å². The molecule has 1 aliphatic rings. The van der Waals surface area contributed by atoms with Gasteiger partial charge in [0.15, 0.2) is 0 Å². The fourth-order valence-corrected chi connectivity index (χ4v) is 3.84. The third-order valence-corrected chi connectivity index (χ3v) is 5.64. The minimum Gasteiger partial charge on any atom is -0.489 e. The summed E-state index contributed by atoms with van der Waals surface area (Å²) in [7, 11) is 0. The minimum atomic E-state index is -0.184. The third kappa shape index (κ3) is 4.78. The van der Waals surface area contributed by atoms with Crippen molar-refractivity contribution in [3.05, 3.63) is 89.5 Å². The zero-order chi connectivity index (χ0) is 20.1. The molecule has 0 bridgehead atoms. The SMILES string of the molecule is O=C1CSc2ccc(C(=O)NCc3ccccc3COc3ccccc3)cc2N1. The van der Waals surface area contributed by atoms with E-state index in [-0.39, 0.29) is 11.8 Å². The molecule has 3 aromatic rings. The van der Waals surface area contributed by atoms with E-state index in [9.17, 15) is 9.59 Å². The zero-order valence-electron chi connectivity index (χ0n) is 15.7. The molecule has 146 valence electrons. The Balaban J connectivity index is 1.41. The van der Waals surface area contributed by atoms with Crippen LogP contribution < -0.4 is 15.4 Å². The molecule has 6 heteroatoms. The first-order valence-corrected chi connectivity index (χ1v) is 10.3. The van der Waals surface area contributed by atoms with Crippen molar-refractivity contribution in [2.24, 2.45) is 0 Å². The standard InChI is InChI=1S/C23H20N2O3S/c26-22-15-29-21-11-10-16(12-20(21)25-22)23(27)24-13-17-6-4-5-7-18(17)14-28-19-8-2-1-3-9-19/h1-12H,13-15H2,(H,24,27)(H,25,26). The number of carbonyl (C=O) groups is 2. The fourth-order valence-electron chi connectivity index (χ4n) is 3.05. The van der Waals surface area contributed by atoms with E-state index in [1.165, 1.54) is 11.8 Å². The lowest BCUT2D eigenvalue weighted by molar-refractivity contribution is -0.113. The Kier molecular flexibility index (Phi) is 5.81. The van der Waals surface area contributed by atoms with Crippen LogP contribution in [-0.2, 0) is 17.9 Å². The quantitative estimate of drug-likeness (QED) is 0.645. The summed E-state index contributed by atoms with van der Waals surface area (Å²) in [5.74, 6) is 0.976. The first-order chi connectivity index (χ1) is 14.2. The highest BCUT2D eigenvalue weighted by Crippen LogP contribution is 2.32. The maximum absolute atomic E-state index is 12.6. The molecule has 0 spiro atoms. The summed E-state index contributed by atoms with van der Waals surface area (Å²) in [6, 6.07) is 22.9. The van der Waals surface area contributed by atoms with Gasteiger partial charge in [0, 0.05) is 17.0 Å². The molecular formula is C23H20N2O3S. The van der Waals surface area contributed by atoms with Gasteiger partial charge in [-0.2, -0.15) is 0 Å². The summed E-state index contributed by atoms with van der Waals surface area (Å²) in [5.41, 5.74) is 3.23. The number of hydrogen-bond acceptors (Lipinski definition) is 4. The van der Waals surface area contributed by atoms with Crippen molar-refractivity contribution in [3.8, 4) is 5.75 Å². The molecule has 0 aliphatic carbocycles. The topological polar surface area (TPSA) is 67.4 Å². The van der Waals surface area contributed by atoms with E-state index >= 15 is 0 Å². The Labute approximate surface area is 173 Å². The number of rotatable bonds is 6. The van der Waals surface area contributed by atoms with Crippen molar-refractivity contribution < 1.29 is 14.3 Å². The molecule has 29 heavy (non-hydrogen) atoms. The highest BCUT2D eigenvalue weighted by atomic mass is 32.2. The van der Waals surface area contributed by atoms with Crippen LogP contribution in [-0.4, -0.2) is 17.6 Å². The van der Waals surface area contributed by atoms with E-state index in [1.54, 1.807) is 12.1 Å². The van der Waals surface area contributed by atoms with Crippen molar-refractivity contribution in [2.45, 2.75) is 18.0 Å². The van der Waals surface area contributed by atoms with Crippen LogP contribution in [0.4, 0.5) is 5.69 Å². The highest BCUT2D eigenvalue weighted by Gasteiger charge is 2.17. The first kappa shape index (κ1) is 19.1. The molecule has 1 aliphatic heterocycles. The van der Waals surface area contributed by atoms with Crippen LogP contribution in [0.15, 0.2) is 77.7 Å². The molecule has 0 saturated heterocycles. The molecule has 0 radical (unpaired) electrons. The molecule has 5 nitrogen and oxygen atoms in total. The number of benzene rings is 3. The Morgan fingerprint density at radius 3 is 2.59 bits per heavy atom. The van der Waals surface area contributed by atoms with E-state index in [0.29, 0.717) is 30.2 Å². The van der Waals surface area contributed by atoms with Gasteiger partial charge in [0.05, 0.1) is 11.4 Å². The van der Waals surface area contributed by atoms with E-state index in [2.05, 4.69) is 10.6 Å². The number of hydrogen-bond donors (Lipinski definition) is 2. The molecule has 0 aromatic heterocycles. The second-order valence-corrected chi connectivity index (χ2v) is 7.62. The Hall–Kier alpha value is -3.25. The van der Waals surface area contributed by atoms with E-state index in [0.717, 1.165) is 21.8 Å². The largest absolute Gasteiger partial charge is 0.489 e. The normalized spacial score (nSPS) is 12.6. The summed E-state index contributed by atoms with van der Waals surface area (Å²) < 4.78 is 5.84. The van der Waals surface area contributed by atoms with E-state index in [1.807, 2.05) is 60.7 Å². The van der Waals surface area contributed by atoms with Gasteiger partial charge in [0.25, 0.3) is 5.91 Å². The highest BCUT2D eigenvalue weighted by molar-refractivity contribution is 8.00. The number of nitrogens with one attached hydrogen (secondary N) is 2. The summed E-state index contributed by atoms with van der Waals surface area (Å²) in [6.07, 6.45) is 0. The summed E-state index contributed by atoms with van der Waals surface area (Å²) >= 11 is 1.48. The van der Waals surface area contributed by atoms with Crippen molar-refractivity contribution in [3.63, 3.8) is 0 Å². The number of carbonyl (C=O) groups excluding carboxylic acids is 2. The Morgan fingerprint density at radius 1 is 1.00 bits per heavy atom. The molecule has 2 amide bonds. The number of anilines is 1. The molecule has 4 rings (SSSR count). The van der Waals surface area contributed by atoms with Gasteiger partial charge in [-0.15, -0.1) is 11.8 Å². The average Bonchev–Trinajstić information content (AvgIpc) is 2.76. The Morgan fingerprint density at radius 2 is 1.76 bits per heavy atom. The molecular weight excluding hydrogens is 384 g/mol. The molecule has 2 N–H and O–H groups in total. The van der Waals surface area contributed by atoms with Crippen LogP contribution in [0.25, 0.3) is 0 Å². The van der Waals surface area contributed by atoms with Crippen molar-refractivity contribution in [1.29, 1.82) is 0 Å². The summed E-state index contributed by atoms with van der Waals surface area (Å²) in [6.45, 7) is 0.823. The molecule has 0 saturated carbocycles. The van der Waals surface area contributed by atoms with Crippen LogP contribution in [0.1, 0.15) is 21.5 Å². The summed E-state index contributed by atoms with van der Waals surface area (Å²) in [5, 5.41) is 5.77. The monoisotopic (exact) mass is 404 g/mol. The van der Waals surface area contributed by atoms with Crippen molar-refractivity contribution in [1.82, 2.24) is 5.32 Å². The van der Waals surface area contributed by atoms with Crippen LogP contribution in [0.2, 0.25) is 0 Å². The van der Waals surface area contributed by atoms with Gasteiger partial charge in [-0.3, -0.25) is 9.59 Å². The average molecular weight is 404 g/mol. The molecule has 0 unspecified atom stereocenters. The van der Waals surface area contributed by atoms with Gasteiger partial charge in [-0.25, -0.2) is 0 Å². The lowest BCUT2D eigenvalue weighted by Crippen LogP contribution is -2.24. The lowest BCUT2D eigenvalue weighted by atomic mass is 10.1. The Bertz CT molecular complexity index is 1040. The van der Waals surface area contributed by atoms with Crippen LogP contribution in [0.3, 0.4) is 0 Å². The maximum atomic E-state index is 12.6. The number of fused-ring (bicyclic) bond motifs is 1. The van der Waals surface area contributed by atoms with E-state index in [4.69, 9.17) is 4.74 Å². The van der Waals surface area contributed by atoms with Crippen molar-refractivity contribution in [2.75, 3.05) is 11.1 Å². The van der Waals surface area contributed by atoms with Crippen LogP contribution in [0, 0.1) is 0 Å². The number of amides is 2. The number of ether oxygens (including phenoxy) is 1. The maximum Gasteiger partial charge on any atom is 0.251 e. The van der Waals surface area contributed by atoms with Gasteiger partial charge in [-0.1, -0.05) is 42.5 Å². The second-order valence-electron chi connectivity index (χ2n) is 6.60. The zero-order valence-corrected chi connectivity index (χ0v) is 16.5. The predicted octanol–water partition coefficient (Wildman–Crippen LogP) is 4.24. The summed E-state index contributed by atoms with van der Waals surface area (Å²) in [4.78, 5) is 25.2. The predicted molar refractivity (Wildman–Crippen MR) is 114 cm³/mol. The smallest absolute Gasteiger partial charge is 0.251 e.